The molecule has 4 rings (SSSR count). The zero-order valence-electron chi connectivity index (χ0n) is 17.3. The molecule has 0 saturated carbocycles. The first kappa shape index (κ1) is 19.6. The molecular formula is C22H26N4O2S. The monoisotopic (exact) mass is 410 g/mol. The van der Waals surface area contributed by atoms with Crippen LogP contribution in [0.3, 0.4) is 0 Å². The molecule has 0 fully saturated rings. The van der Waals surface area contributed by atoms with Crippen LogP contribution < -0.4 is 16.2 Å². The van der Waals surface area contributed by atoms with Crippen molar-refractivity contribution in [1.82, 2.24) is 9.55 Å². The first-order valence-electron chi connectivity index (χ1n) is 10.0. The normalized spacial score (nSPS) is 16.3. The van der Waals surface area contributed by atoms with Crippen molar-refractivity contribution in [2.24, 2.45) is 5.92 Å². The number of nitrogens with one attached hydrogen (secondary N) is 2. The Morgan fingerprint density at radius 1 is 1.17 bits per heavy atom. The number of hydrogen-bond acceptors (Lipinski definition) is 4. The summed E-state index contributed by atoms with van der Waals surface area (Å²) in [5.41, 5.74) is 3.73. The minimum Gasteiger partial charge on any atom is -0.307 e. The molecule has 2 N–H and O–H groups in total. The van der Waals surface area contributed by atoms with Crippen LogP contribution >= 0.6 is 11.3 Å². The second kappa shape index (κ2) is 7.63. The largest absolute Gasteiger partial charge is 0.324 e. The van der Waals surface area contributed by atoms with Gasteiger partial charge in [-0.25, -0.2) is 9.78 Å². The first-order valence-corrected chi connectivity index (χ1v) is 10.8. The Balaban J connectivity index is 1.64. The summed E-state index contributed by atoms with van der Waals surface area (Å²) in [7, 11) is 0. The molecule has 0 radical (unpaired) electrons. The van der Waals surface area contributed by atoms with Crippen LogP contribution in [0, 0.1) is 26.7 Å². The average Bonchev–Trinajstić information content (AvgIpc) is 2.85. The van der Waals surface area contributed by atoms with Gasteiger partial charge in [-0.15, -0.1) is 0 Å². The summed E-state index contributed by atoms with van der Waals surface area (Å²) in [6.45, 7) is 8.80. The van der Waals surface area contributed by atoms with Crippen molar-refractivity contribution in [2.75, 3.05) is 10.6 Å². The van der Waals surface area contributed by atoms with Crippen molar-refractivity contribution in [3.05, 3.63) is 51.1 Å². The molecule has 1 aliphatic rings. The number of rotatable bonds is 2. The molecular weight excluding hydrogens is 384 g/mol. The number of benzene rings is 1. The third-order valence-electron chi connectivity index (χ3n) is 5.92. The Morgan fingerprint density at radius 2 is 1.97 bits per heavy atom. The lowest BCUT2D eigenvalue weighted by molar-refractivity contribution is 0.262. The first-order chi connectivity index (χ1) is 13.8. The Labute approximate surface area is 174 Å². The Hall–Kier alpha value is -2.67. The van der Waals surface area contributed by atoms with Gasteiger partial charge >= 0.3 is 6.03 Å². The lowest BCUT2D eigenvalue weighted by atomic mass is 10.0. The van der Waals surface area contributed by atoms with Crippen LogP contribution in [0.15, 0.2) is 23.0 Å². The van der Waals surface area contributed by atoms with Crippen LogP contribution in [0.1, 0.15) is 42.3 Å². The van der Waals surface area contributed by atoms with Crippen LogP contribution in [0.25, 0.3) is 10.2 Å². The van der Waals surface area contributed by atoms with Crippen LogP contribution in [0.4, 0.5) is 15.5 Å². The summed E-state index contributed by atoms with van der Waals surface area (Å²) in [5, 5.41) is 7.11. The number of urea groups is 1. The van der Waals surface area contributed by atoms with Crippen molar-refractivity contribution in [2.45, 2.75) is 53.5 Å². The summed E-state index contributed by atoms with van der Waals surface area (Å²) < 4.78 is 1.82. The zero-order valence-corrected chi connectivity index (χ0v) is 18.1. The Morgan fingerprint density at radius 3 is 2.76 bits per heavy atom. The molecule has 0 saturated heterocycles. The van der Waals surface area contributed by atoms with E-state index in [1.807, 2.05) is 43.5 Å². The number of carbonyl (C=O) groups excluding carboxylic acids is 1. The number of hydrogen-bond donors (Lipinski definition) is 2. The van der Waals surface area contributed by atoms with E-state index in [0.29, 0.717) is 27.7 Å². The van der Waals surface area contributed by atoms with Gasteiger partial charge in [-0.3, -0.25) is 14.7 Å². The molecule has 0 bridgehead atoms. The average molecular weight is 411 g/mol. The molecule has 0 spiro atoms. The van der Waals surface area contributed by atoms with Gasteiger partial charge in [0.1, 0.15) is 15.7 Å². The summed E-state index contributed by atoms with van der Waals surface area (Å²) in [6, 6.07) is 5.50. The van der Waals surface area contributed by atoms with Gasteiger partial charge in [0, 0.05) is 18.7 Å². The number of anilines is 2. The lowest BCUT2D eigenvalue weighted by Gasteiger charge is -2.11. The molecule has 2 aromatic heterocycles. The summed E-state index contributed by atoms with van der Waals surface area (Å²) >= 11 is 1.37. The fourth-order valence-electron chi connectivity index (χ4n) is 3.81. The van der Waals surface area contributed by atoms with E-state index in [0.717, 1.165) is 47.5 Å². The van der Waals surface area contributed by atoms with Gasteiger partial charge in [-0.1, -0.05) is 30.4 Å². The number of thiophene rings is 1. The van der Waals surface area contributed by atoms with E-state index < -0.39 is 0 Å². The maximum absolute atomic E-state index is 13.1. The quantitative estimate of drug-likeness (QED) is 0.624. The lowest BCUT2D eigenvalue weighted by Crippen LogP contribution is -2.24. The van der Waals surface area contributed by atoms with Gasteiger partial charge in [-0.05, 0) is 62.3 Å². The minimum atomic E-state index is -0.316. The number of amides is 2. The van der Waals surface area contributed by atoms with Crippen molar-refractivity contribution in [3.63, 3.8) is 0 Å². The maximum atomic E-state index is 13.1. The summed E-state index contributed by atoms with van der Waals surface area (Å²) in [4.78, 5) is 31.2. The predicted octanol–water partition coefficient (Wildman–Crippen LogP) is 5.00. The molecule has 1 aromatic carbocycles. The molecule has 1 unspecified atom stereocenters. The number of nitrogens with zero attached hydrogens (tertiary/aromatic N) is 2. The van der Waals surface area contributed by atoms with Crippen LogP contribution in [-0.2, 0) is 13.0 Å². The number of fused-ring (bicyclic) bond motifs is 2. The van der Waals surface area contributed by atoms with Crippen LogP contribution in [0.5, 0.6) is 0 Å². The SMILES string of the molecule is Cc1cccc(NC(=O)Nc2sc3nc4n(c(=O)c3c2C)CCC(C)CC4)c1C. The van der Waals surface area contributed by atoms with E-state index in [4.69, 9.17) is 4.98 Å². The van der Waals surface area contributed by atoms with Gasteiger partial charge in [0.15, 0.2) is 0 Å². The van der Waals surface area contributed by atoms with Crippen molar-refractivity contribution in [1.29, 1.82) is 0 Å². The summed E-state index contributed by atoms with van der Waals surface area (Å²) in [6.07, 6.45) is 2.86. The van der Waals surface area contributed by atoms with E-state index in [-0.39, 0.29) is 11.6 Å². The molecule has 2 amide bonds. The second-order valence-corrected chi connectivity index (χ2v) is 8.98. The topological polar surface area (TPSA) is 76.0 Å². The Kier molecular flexibility index (Phi) is 5.17. The second-order valence-electron chi connectivity index (χ2n) is 7.98. The fourth-order valence-corrected chi connectivity index (χ4v) is 4.90. The Bertz CT molecular complexity index is 1160. The van der Waals surface area contributed by atoms with Gasteiger partial charge in [0.2, 0.25) is 0 Å². The van der Waals surface area contributed by atoms with Gasteiger partial charge in [0.05, 0.1) is 5.39 Å². The van der Waals surface area contributed by atoms with Crippen molar-refractivity contribution >= 4 is 38.3 Å². The highest BCUT2D eigenvalue weighted by atomic mass is 32.1. The third-order valence-corrected chi connectivity index (χ3v) is 7.02. The van der Waals surface area contributed by atoms with Crippen LogP contribution in [0.2, 0.25) is 0 Å². The molecule has 29 heavy (non-hydrogen) atoms. The van der Waals surface area contributed by atoms with E-state index >= 15 is 0 Å². The standard InChI is InChI=1S/C22H26N4O2S/c1-12-8-9-17-24-20-18(21(27)26(17)11-10-12)15(4)19(29-20)25-22(28)23-16-7-5-6-13(2)14(16)3/h5-7,12H,8-11H2,1-4H3,(H2,23,25,28). The molecule has 1 aliphatic heterocycles. The fraction of sp³-hybridized carbons (Fsp3) is 0.409. The molecule has 3 heterocycles. The van der Waals surface area contributed by atoms with E-state index in [1.165, 1.54) is 11.3 Å². The molecule has 1 atom stereocenters. The smallest absolute Gasteiger partial charge is 0.307 e. The molecule has 0 aliphatic carbocycles. The highest BCUT2D eigenvalue weighted by Gasteiger charge is 2.21. The van der Waals surface area contributed by atoms with Gasteiger partial charge in [0.25, 0.3) is 5.56 Å². The van der Waals surface area contributed by atoms with Gasteiger partial charge in [-0.2, -0.15) is 0 Å². The van der Waals surface area contributed by atoms with E-state index in [9.17, 15) is 9.59 Å². The molecule has 3 aromatic rings. The zero-order chi connectivity index (χ0) is 20.7. The minimum absolute atomic E-state index is 0.0100. The van der Waals surface area contributed by atoms with E-state index in [2.05, 4.69) is 17.6 Å². The van der Waals surface area contributed by atoms with E-state index in [1.54, 1.807) is 0 Å². The number of aromatic nitrogens is 2. The van der Waals surface area contributed by atoms with Gasteiger partial charge < -0.3 is 5.32 Å². The molecule has 7 heteroatoms. The third kappa shape index (κ3) is 3.67. The highest BCUT2D eigenvalue weighted by molar-refractivity contribution is 7.22. The summed E-state index contributed by atoms with van der Waals surface area (Å²) in [5.74, 6) is 1.46. The number of carbonyl (C=O) groups is 1. The maximum Gasteiger partial charge on any atom is 0.324 e. The van der Waals surface area contributed by atoms with Crippen molar-refractivity contribution in [3.8, 4) is 0 Å². The number of aryl methyl sites for hydroxylation is 3. The molecule has 152 valence electrons. The predicted molar refractivity (Wildman–Crippen MR) is 119 cm³/mol. The van der Waals surface area contributed by atoms with Crippen LogP contribution in [-0.4, -0.2) is 15.6 Å². The molecule has 6 nitrogen and oxygen atoms in total. The van der Waals surface area contributed by atoms with Crippen molar-refractivity contribution < 1.29 is 4.79 Å². The highest BCUT2D eigenvalue weighted by Crippen LogP contribution is 2.33.